The Kier molecular flexibility index (Phi) is 5.27. The topological polar surface area (TPSA) is 17.1 Å². The van der Waals surface area contributed by atoms with Crippen molar-refractivity contribution >= 4 is 28.4 Å². The zero-order chi connectivity index (χ0) is 15.6. The Morgan fingerprint density at radius 3 is 1.41 bits per heavy atom. The molecule has 0 saturated heterocycles. The van der Waals surface area contributed by atoms with Gasteiger partial charge >= 0.3 is 18.9 Å². The molecule has 4 fully saturated rings. The van der Waals surface area contributed by atoms with E-state index in [1.54, 1.807) is 0 Å². The van der Waals surface area contributed by atoms with Crippen LogP contribution in [0.5, 0.6) is 0 Å². The fourth-order valence-electron chi connectivity index (χ4n) is 6.46. The molecule has 1 nitrogen and oxygen atoms in total. The van der Waals surface area contributed by atoms with Gasteiger partial charge in [0.15, 0.2) is 0 Å². The number of rotatable bonds is 4. The largest absolute Gasteiger partial charge is 1.00 e. The third kappa shape index (κ3) is 3.33. The maximum atomic E-state index is 13.8. The van der Waals surface area contributed by atoms with Crippen LogP contribution < -0.4 is 18.9 Å². The third-order valence-electron chi connectivity index (χ3n) is 6.25. The summed E-state index contributed by atoms with van der Waals surface area (Å²) in [5.41, 5.74) is 0.170. The van der Waals surface area contributed by atoms with Crippen molar-refractivity contribution in [3.8, 4) is 0 Å². The Bertz CT molecular complexity index is 401. The minimum Gasteiger partial charge on any atom is -0.341 e. The van der Waals surface area contributed by atoms with Gasteiger partial charge in [-0.25, -0.2) is 7.83 Å². The molecule has 0 aromatic rings. The molecule has 4 aliphatic rings. The molecule has 4 rings (SSSR count). The van der Waals surface area contributed by atoms with Crippen LogP contribution >= 0.6 is 0 Å². The van der Waals surface area contributed by atoms with Crippen LogP contribution in [-0.2, 0) is 4.79 Å². The van der Waals surface area contributed by atoms with Crippen LogP contribution in [-0.4, -0.2) is 28.4 Å². The van der Waals surface area contributed by atoms with Crippen molar-refractivity contribution in [2.24, 2.45) is 23.2 Å². The van der Waals surface area contributed by atoms with Gasteiger partial charge in [-0.3, -0.25) is 0 Å². The van der Waals surface area contributed by atoms with E-state index in [1.165, 1.54) is 38.5 Å². The molecule has 0 unspecified atom stereocenters. The molecular formula is C17H33LiOSi3. The van der Waals surface area contributed by atoms with Crippen molar-refractivity contribution in [3.63, 3.8) is 0 Å². The summed E-state index contributed by atoms with van der Waals surface area (Å²) in [6.45, 7) is 14.9. The average Bonchev–Trinajstić information content (AvgIpc) is 2.22. The van der Waals surface area contributed by atoms with Crippen molar-refractivity contribution in [1.29, 1.82) is 0 Å². The Balaban J connectivity index is 0.00000176. The molecule has 0 aromatic carbocycles. The van der Waals surface area contributed by atoms with E-state index in [1.807, 2.05) is 0 Å². The Morgan fingerprint density at radius 2 is 1.14 bits per heavy atom. The standard InChI is InChI=1S/C17H33OSi3.Li/c1-20(2,3)19(21(4,5)6)16(18)17-10-13-7-14(11-17)9-15(8-13)12-17;/h13-15H,7-12H2,1-6H3;/q-1;+1. The molecule has 0 radical (unpaired) electrons. The maximum absolute atomic E-state index is 13.8. The molecule has 5 heteroatoms. The first-order valence-corrected chi connectivity index (χ1v) is 19.4. The van der Waals surface area contributed by atoms with E-state index in [-0.39, 0.29) is 24.3 Å². The predicted molar refractivity (Wildman–Crippen MR) is 98.1 cm³/mol. The molecule has 120 valence electrons. The van der Waals surface area contributed by atoms with E-state index in [0.29, 0.717) is 0 Å². The van der Waals surface area contributed by atoms with Gasteiger partial charge in [-0.1, -0.05) is 54.5 Å². The second kappa shape index (κ2) is 6.02. The van der Waals surface area contributed by atoms with E-state index in [0.717, 1.165) is 23.2 Å². The van der Waals surface area contributed by atoms with Crippen molar-refractivity contribution < 1.29 is 23.7 Å². The Morgan fingerprint density at radius 1 is 0.818 bits per heavy atom. The number of hydrogen-bond acceptors (Lipinski definition) is 1. The normalized spacial score (nSPS) is 36.9. The molecule has 0 aromatic heterocycles. The molecule has 22 heavy (non-hydrogen) atoms. The van der Waals surface area contributed by atoms with Crippen LogP contribution in [0.25, 0.3) is 0 Å². The predicted octanol–water partition coefficient (Wildman–Crippen LogP) is 1.64. The first-order chi connectivity index (χ1) is 9.51. The van der Waals surface area contributed by atoms with Crippen molar-refractivity contribution in [1.82, 2.24) is 0 Å². The quantitative estimate of drug-likeness (QED) is 0.709. The second-order valence-electron chi connectivity index (χ2n) is 10.4. The monoisotopic (exact) mass is 344 g/mol. The van der Waals surface area contributed by atoms with Gasteiger partial charge in [0.2, 0.25) is 0 Å². The molecule has 0 spiro atoms. The molecule has 4 aliphatic carbocycles. The van der Waals surface area contributed by atoms with Crippen LogP contribution in [0.4, 0.5) is 0 Å². The smallest absolute Gasteiger partial charge is 0.341 e. The molecular weight excluding hydrogens is 311 g/mol. The zero-order valence-electron chi connectivity index (χ0n) is 15.9. The number of carbonyl (C=O) groups is 1. The van der Waals surface area contributed by atoms with E-state index in [9.17, 15) is 4.79 Å². The SMILES string of the molecule is C[Si](C)(C)[Si-](C(=O)C12CC3CC(CC(C3)C1)C2)[Si](C)(C)C.[Li+]. The van der Waals surface area contributed by atoms with E-state index >= 15 is 0 Å². The molecule has 4 saturated carbocycles. The van der Waals surface area contributed by atoms with Gasteiger partial charge in [0.25, 0.3) is 0 Å². The average molecular weight is 345 g/mol. The summed E-state index contributed by atoms with van der Waals surface area (Å²) in [5.74, 6) is 2.73. The van der Waals surface area contributed by atoms with Gasteiger partial charge in [0.1, 0.15) is 0 Å². The van der Waals surface area contributed by atoms with Gasteiger partial charge in [0.05, 0.1) is 0 Å². The van der Waals surface area contributed by atoms with Crippen molar-refractivity contribution in [2.45, 2.75) is 77.8 Å². The van der Waals surface area contributed by atoms with Gasteiger partial charge in [-0.15, -0.1) is 0 Å². The van der Waals surface area contributed by atoms with Gasteiger partial charge < -0.3 is 4.79 Å². The van der Waals surface area contributed by atoms with Gasteiger partial charge in [-0.2, -0.15) is 0 Å². The molecule has 0 heterocycles. The minimum atomic E-state index is -1.32. The molecule has 0 amide bonds. The van der Waals surface area contributed by atoms with Gasteiger partial charge in [-0.05, 0) is 67.1 Å². The first-order valence-electron chi connectivity index (χ1n) is 8.94. The second-order valence-corrected chi connectivity index (χ2v) is 34.1. The Hall–Kier alpha value is 0.918. The number of carbonyl (C=O) groups excluding carboxylic acids is 1. The summed E-state index contributed by atoms with van der Waals surface area (Å²) in [7, 11) is -3.42. The van der Waals surface area contributed by atoms with E-state index < -0.39 is 23.0 Å². The van der Waals surface area contributed by atoms with Crippen molar-refractivity contribution in [3.05, 3.63) is 0 Å². The van der Waals surface area contributed by atoms with Gasteiger partial charge in [0, 0.05) is 0 Å². The summed E-state index contributed by atoms with van der Waals surface area (Å²) in [6.07, 6.45) is 8.19. The number of hydrogen-bond donors (Lipinski definition) is 0. The maximum Gasteiger partial charge on any atom is 1.00 e. The Labute approximate surface area is 152 Å². The summed E-state index contributed by atoms with van der Waals surface area (Å²) >= 11 is 0. The van der Waals surface area contributed by atoms with Crippen molar-refractivity contribution in [2.75, 3.05) is 0 Å². The molecule has 0 N–H and O–H groups in total. The van der Waals surface area contributed by atoms with Crippen LogP contribution in [0, 0.1) is 23.2 Å². The molecule has 0 atom stereocenters. The summed E-state index contributed by atoms with van der Waals surface area (Å²) in [4.78, 5) is 13.8. The van der Waals surface area contributed by atoms with Crippen LogP contribution in [0.3, 0.4) is 0 Å². The molecule has 4 bridgehead atoms. The summed E-state index contributed by atoms with van der Waals surface area (Å²) in [6, 6.07) is 0. The summed E-state index contributed by atoms with van der Waals surface area (Å²) < 4.78 is 0. The molecule has 0 aliphatic heterocycles. The first kappa shape index (κ1) is 19.2. The summed E-state index contributed by atoms with van der Waals surface area (Å²) in [5, 5.41) is 0.852. The fourth-order valence-corrected chi connectivity index (χ4v) is 43.6. The zero-order valence-corrected chi connectivity index (χ0v) is 18.9. The fraction of sp³-hybridized carbons (Fsp3) is 0.941. The van der Waals surface area contributed by atoms with Crippen LogP contribution in [0.1, 0.15) is 38.5 Å². The van der Waals surface area contributed by atoms with Crippen LogP contribution in [0.2, 0.25) is 39.3 Å². The van der Waals surface area contributed by atoms with Crippen LogP contribution in [0.15, 0.2) is 0 Å². The van der Waals surface area contributed by atoms with E-state index in [2.05, 4.69) is 39.3 Å². The minimum absolute atomic E-state index is 0. The van der Waals surface area contributed by atoms with E-state index in [4.69, 9.17) is 0 Å². The third-order valence-corrected chi connectivity index (χ3v) is 34.1.